The number of nitrogens with one attached hydrogen (secondary N) is 1. The van der Waals surface area contributed by atoms with Crippen molar-refractivity contribution < 1.29 is 19.4 Å². The highest BCUT2D eigenvalue weighted by molar-refractivity contribution is 9.10. The van der Waals surface area contributed by atoms with Crippen LogP contribution in [0.25, 0.3) is 11.3 Å². The fourth-order valence-electron chi connectivity index (χ4n) is 3.46. The van der Waals surface area contributed by atoms with Gasteiger partial charge in [0, 0.05) is 27.0 Å². The van der Waals surface area contributed by atoms with Gasteiger partial charge in [0.15, 0.2) is 18.5 Å². The molecule has 0 fully saturated rings. The molecule has 3 aromatic rings. The Bertz CT molecular complexity index is 1150. The van der Waals surface area contributed by atoms with Crippen LogP contribution in [0.4, 0.5) is 5.69 Å². The Morgan fingerprint density at radius 3 is 2.76 bits per heavy atom. The van der Waals surface area contributed by atoms with Crippen molar-refractivity contribution in [3.8, 4) is 22.9 Å². The summed E-state index contributed by atoms with van der Waals surface area (Å²) in [6.45, 7) is 1.80. The maximum Gasteiger partial charge on any atom is 0.341 e. The van der Waals surface area contributed by atoms with E-state index in [1.165, 1.54) is 19.3 Å². The van der Waals surface area contributed by atoms with Crippen molar-refractivity contribution in [1.29, 1.82) is 0 Å². The third-order valence-corrected chi connectivity index (χ3v) is 6.58. The topological polar surface area (TPSA) is 106 Å². The molecule has 2 heterocycles. The molecule has 8 nitrogen and oxygen atoms in total. The van der Waals surface area contributed by atoms with E-state index in [4.69, 9.17) is 14.6 Å². The van der Waals surface area contributed by atoms with E-state index in [0.717, 1.165) is 33.5 Å². The number of carboxylic acids is 1. The van der Waals surface area contributed by atoms with Gasteiger partial charge in [0.05, 0.1) is 0 Å². The van der Waals surface area contributed by atoms with Gasteiger partial charge < -0.3 is 19.9 Å². The Hall–Kier alpha value is -2.85. The molecule has 0 saturated carbocycles. The SMILES string of the molecule is CCCCCCSc1nnc2c(n1)O[C@H](c1ccc(OCC(=O)O)cc1)Nc1ccc(Br)cc1-2. The number of carbonyl (C=O) groups is 1. The molecule has 0 unspecified atom stereocenters. The zero-order chi connectivity index (χ0) is 23.9. The largest absolute Gasteiger partial charge is 0.482 e. The molecule has 4 rings (SSSR count). The summed E-state index contributed by atoms with van der Waals surface area (Å²) in [4.78, 5) is 15.4. The quantitative estimate of drug-likeness (QED) is 0.236. The average molecular weight is 545 g/mol. The van der Waals surface area contributed by atoms with Gasteiger partial charge in [-0.1, -0.05) is 53.9 Å². The second-order valence-electron chi connectivity index (χ2n) is 7.74. The van der Waals surface area contributed by atoms with Gasteiger partial charge in [0.25, 0.3) is 0 Å². The number of hydrogen-bond acceptors (Lipinski definition) is 8. The van der Waals surface area contributed by atoms with E-state index in [-0.39, 0.29) is 0 Å². The number of nitrogens with zero attached hydrogens (tertiary/aromatic N) is 3. The van der Waals surface area contributed by atoms with Crippen molar-refractivity contribution in [2.24, 2.45) is 0 Å². The Morgan fingerprint density at radius 2 is 2.00 bits per heavy atom. The number of carboxylic acid groups (broad SMARTS) is 1. The van der Waals surface area contributed by atoms with Crippen LogP contribution >= 0.6 is 27.7 Å². The highest BCUT2D eigenvalue weighted by Gasteiger charge is 2.26. The second-order valence-corrected chi connectivity index (χ2v) is 9.72. The number of hydrogen-bond donors (Lipinski definition) is 2. The number of aliphatic carboxylic acids is 1. The van der Waals surface area contributed by atoms with Gasteiger partial charge in [-0.2, -0.15) is 4.98 Å². The highest BCUT2D eigenvalue weighted by Crippen LogP contribution is 2.41. The summed E-state index contributed by atoms with van der Waals surface area (Å²) in [5.74, 6) is 0.785. The summed E-state index contributed by atoms with van der Waals surface area (Å²) in [5, 5.41) is 21.6. The van der Waals surface area contributed by atoms with Gasteiger partial charge in [0.2, 0.25) is 11.0 Å². The number of unbranched alkanes of at least 4 members (excludes halogenated alkanes) is 3. The number of thioether (sulfide) groups is 1. The Kier molecular flexibility index (Phi) is 8.23. The molecule has 1 aliphatic heterocycles. The van der Waals surface area contributed by atoms with Crippen LogP contribution in [0.15, 0.2) is 52.1 Å². The standard InChI is InChI=1S/C24H25BrN4O4S/c1-2-3-4-5-12-34-24-27-23-21(28-29-24)18-13-16(25)8-11-19(18)26-22(33-23)15-6-9-17(10-7-15)32-14-20(30)31/h6-11,13,22,26H,2-5,12,14H2,1H3,(H,30,31)/t22-/m1/s1. The molecule has 10 heteroatoms. The molecule has 0 bridgehead atoms. The van der Waals surface area contributed by atoms with Crippen LogP contribution in [0.3, 0.4) is 0 Å². The van der Waals surface area contributed by atoms with E-state index < -0.39 is 18.8 Å². The molecular formula is C24H25BrN4O4S. The van der Waals surface area contributed by atoms with Crippen molar-refractivity contribution >= 4 is 39.3 Å². The molecular weight excluding hydrogens is 520 g/mol. The number of anilines is 1. The molecule has 2 N–H and O–H groups in total. The summed E-state index contributed by atoms with van der Waals surface area (Å²) in [7, 11) is 0. The molecule has 0 amide bonds. The first-order valence-corrected chi connectivity index (χ1v) is 12.9. The number of rotatable bonds is 10. The number of fused-ring (bicyclic) bond motifs is 3. The van der Waals surface area contributed by atoms with Crippen LogP contribution < -0.4 is 14.8 Å². The summed E-state index contributed by atoms with van der Waals surface area (Å²) < 4.78 is 12.4. The molecule has 2 aromatic carbocycles. The van der Waals surface area contributed by atoms with Crippen LogP contribution in [0.1, 0.15) is 44.4 Å². The first kappa shape index (κ1) is 24.3. The van der Waals surface area contributed by atoms with E-state index >= 15 is 0 Å². The van der Waals surface area contributed by atoms with Gasteiger partial charge in [-0.25, -0.2) is 4.79 Å². The second kappa shape index (κ2) is 11.5. The maximum absolute atomic E-state index is 10.7. The molecule has 1 atom stereocenters. The summed E-state index contributed by atoms with van der Waals surface area (Å²) in [6, 6.07) is 12.9. The van der Waals surface area contributed by atoms with Gasteiger partial charge in [-0.15, -0.1) is 10.2 Å². The van der Waals surface area contributed by atoms with E-state index in [1.54, 1.807) is 23.9 Å². The lowest BCUT2D eigenvalue weighted by molar-refractivity contribution is -0.139. The smallest absolute Gasteiger partial charge is 0.341 e. The molecule has 0 aliphatic carbocycles. The first-order chi connectivity index (χ1) is 16.5. The first-order valence-electron chi connectivity index (χ1n) is 11.1. The minimum absolute atomic E-state index is 0.394. The van der Waals surface area contributed by atoms with E-state index in [2.05, 4.69) is 43.4 Å². The van der Waals surface area contributed by atoms with Crippen LogP contribution in [-0.2, 0) is 4.79 Å². The lowest BCUT2D eigenvalue weighted by Gasteiger charge is -2.19. The summed E-state index contributed by atoms with van der Waals surface area (Å²) >= 11 is 5.12. The van der Waals surface area contributed by atoms with Gasteiger partial charge in [-0.3, -0.25) is 0 Å². The third kappa shape index (κ3) is 6.18. The number of ether oxygens (including phenoxy) is 2. The molecule has 34 heavy (non-hydrogen) atoms. The zero-order valence-electron chi connectivity index (χ0n) is 18.7. The van der Waals surface area contributed by atoms with Gasteiger partial charge in [0.1, 0.15) is 5.75 Å². The van der Waals surface area contributed by atoms with Crippen molar-refractivity contribution in [3.05, 3.63) is 52.5 Å². The van der Waals surface area contributed by atoms with Crippen molar-refractivity contribution in [1.82, 2.24) is 15.2 Å². The lowest BCUT2D eigenvalue weighted by Crippen LogP contribution is -2.17. The number of aromatic nitrogens is 3. The Balaban J connectivity index is 1.59. The fourth-order valence-corrected chi connectivity index (χ4v) is 4.60. The average Bonchev–Trinajstić information content (AvgIpc) is 2.99. The van der Waals surface area contributed by atoms with Crippen molar-refractivity contribution in [2.75, 3.05) is 17.7 Å². The number of halogens is 1. The fraction of sp³-hybridized carbons (Fsp3) is 0.333. The molecule has 0 spiro atoms. The minimum Gasteiger partial charge on any atom is -0.482 e. The normalized spacial score (nSPS) is 14.2. The molecule has 1 aromatic heterocycles. The minimum atomic E-state index is -1.02. The predicted molar refractivity (Wildman–Crippen MR) is 134 cm³/mol. The van der Waals surface area contributed by atoms with Gasteiger partial charge >= 0.3 is 5.97 Å². The Labute approximate surface area is 210 Å². The maximum atomic E-state index is 10.7. The van der Waals surface area contributed by atoms with Crippen molar-refractivity contribution in [3.63, 3.8) is 0 Å². The van der Waals surface area contributed by atoms with Crippen LogP contribution in [-0.4, -0.2) is 38.6 Å². The summed E-state index contributed by atoms with van der Waals surface area (Å²) in [5.41, 5.74) is 3.09. The van der Waals surface area contributed by atoms with E-state index in [9.17, 15) is 4.79 Å². The van der Waals surface area contributed by atoms with Crippen LogP contribution in [0.2, 0.25) is 0 Å². The third-order valence-electron chi connectivity index (χ3n) is 5.16. The van der Waals surface area contributed by atoms with Gasteiger partial charge in [-0.05, 0) is 48.9 Å². The summed E-state index contributed by atoms with van der Waals surface area (Å²) in [6.07, 6.45) is 4.19. The molecule has 178 valence electrons. The van der Waals surface area contributed by atoms with E-state index in [0.29, 0.717) is 22.5 Å². The Morgan fingerprint density at radius 1 is 1.18 bits per heavy atom. The predicted octanol–water partition coefficient (Wildman–Crippen LogP) is 5.94. The van der Waals surface area contributed by atoms with Crippen molar-refractivity contribution in [2.45, 2.75) is 44.0 Å². The van der Waals surface area contributed by atoms with Crippen LogP contribution in [0.5, 0.6) is 11.6 Å². The number of benzene rings is 2. The molecule has 0 radical (unpaired) electrons. The monoisotopic (exact) mass is 544 g/mol. The molecule has 1 aliphatic rings. The van der Waals surface area contributed by atoms with Crippen LogP contribution in [0, 0.1) is 0 Å². The zero-order valence-corrected chi connectivity index (χ0v) is 21.1. The lowest BCUT2D eigenvalue weighted by atomic mass is 10.1. The molecule has 0 saturated heterocycles. The highest BCUT2D eigenvalue weighted by atomic mass is 79.9. The van der Waals surface area contributed by atoms with E-state index in [1.807, 2.05) is 30.3 Å².